The maximum Gasteiger partial charge on any atom is 0.209 e. The Morgan fingerprint density at radius 1 is 0.737 bits per heavy atom. The van der Waals surface area contributed by atoms with E-state index in [0.717, 1.165) is 28.2 Å². The molecule has 2 heterocycles. The van der Waals surface area contributed by atoms with Gasteiger partial charge in [0.05, 0.1) is 5.41 Å². The zero-order valence-corrected chi connectivity index (χ0v) is 22.1. The normalized spacial score (nSPS) is 16.2. The standard InChI is InChI=1S/C31H28NO.ClHO4/c1-31(2)26-18-10-11-19-27(26)32(3)30(31)20-12-13-23-21-28(24-14-6-4-7-15-24)33-29(22-23)25-16-8-5-9-17-25;2-1(3,4)5/h4-22H,1-3H3;(H,2,3,4,5)/q+1;/p-1/b20-12+;. The SMILES string of the molecule is C[N+]1=C(/C=C/C=C2C=C(c3ccccc3)OC(c3ccccc3)=C2)C(C)(C)c2ccccc21.[O-][Cl+3]([O-])([O-])[O-]. The number of ether oxygens (including phenoxy) is 1. The minimum absolute atomic E-state index is 0.0356. The molecular weight excluding hydrogens is 502 g/mol. The summed E-state index contributed by atoms with van der Waals surface area (Å²) in [5.74, 6) is 1.71. The summed E-state index contributed by atoms with van der Waals surface area (Å²) in [6.45, 7) is 4.58. The van der Waals surface area contributed by atoms with Crippen LogP contribution in [0.5, 0.6) is 0 Å². The van der Waals surface area contributed by atoms with E-state index in [1.807, 2.05) is 36.4 Å². The molecule has 0 bridgehead atoms. The predicted octanol–water partition coefficient (Wildman–Crippen LogP) is 2.53. The van der Waals surface area contributed by atoms with Gasteiger partial charge in [-0.3, -0.25) is 0 Å². The Kier molecular flexibility index (Phi) is 8.11. The number of hydrogen-bond acceptors (Lipinski definition) is 5. The van der Waals surface area contributed by atoms with Crippen molar-refractivity contribution in [2.75, 3.05) is 7.05 Å². The summed E-state index contributed by atoms with van der Waals surface area (Å²) in [5, 5.41) is 0. The molecule has 0 radical (unpaired) electrons. The van der Waals surface area contributed by atoms with Crippen LogP contribution in [0.25, 0.3) is 11.5 Å². The number of benzene rings is 3. The molecule has 0 aromatic heterocycles. The number of allylic oxidation sites excluding steroid dienone is 6. The summed E-state index contributed by atoms with van der Waals surface area (Å²) in [6.07, 6.45) is 10.8. The Bertz CT molecular complexity index is 1380. The van der Waals surface area contributed by atoms with Crippen LogP contribution in [-0.4, -0.2) is 17.3 Å². The van der Waals surface area contributed by atoms with Gasteiger partial charge in [0, 0.05) is 28.8 Å². The third kappa shape index (κ3) is 6.55. The molecule has 0 amide bonds. The number of para-hydroxylation sites is 1. The third-order valence-electron chi connectivity index (χ3n) is 6.42. The molecule has 38 heavy (non-hydrogen) atoms. The second-order valence-electron chi connectivity index (χ2n) is 9.34. The lowest BCUT2D eigenvalue weighted by Crippen LogP contribution is -2.68. The third-order valence-corrected chi connectivity index (χ3v) is 6.42. The van der Waals surface area contributed by atoms with Crippen molar-refractivity contribution >= 4 is 22.9 Å². The van der Waals surface area contributed by atoms with Crippen molar-refractivity contribution in [3.05, 3.63) is 138 Å². The molecule has 5 rings (SSSR count). The highest BCUT2D eigenvalue weighted by Crippen LogP contribution is 2.39. The number of hydrogen-bond donors (Lipinski definition) is 0. The van der Waals surface area contributed by atoms with E-state index in [-0.39, 0.29) is 5.41 Å². The first-order valence-corrected chi connectivity index (χ1v) is 13.2. The van der Waals surface area contributed by atoms with Gasteiger partial charge in [-0.15, -0.1) is 10.2 Å². The maximum absolute atomic E-state index is 8.49. The molecule has 0 saturated heterocycles. The van der Waals surface area contributed by atoms with E-state index in [9.17, 15) is 0 Å². The molecule has 2 aliphatic rings. The van der Waals surface area contributed by atoms with Crippen LogP contribution < -0.4 is 18.6 Å². The molecule has 0 unspecified atom stereocenters. The Balaban J connectivity index is 0.000000617. The summed E-state index contributed by atoms with van der Waals surface area (Å²) in [7, 11) is -2.80. The number of fused-ring (bicyclic) bond motifs is 1. The minimum atomic E-state index is -4.94. The van der Waals surface area contributed by atoms with E-state index in [1.165, 1.54) is 17.0 Å². The van der Waals surface area contributed by atoms with Crippen LogP contribution in [0.1, 0.15) is 30.5 Å². The van der Waals surface area contributed by atoms with Crippen LogP contribution in [-0.2, 0) is 10.2 Å². The first kappa shape index (κ1) is 27.3. The fourth-order valence-corrected chi connectivity index (χ4v) is 4.66. The summed E-state index contributed by atoms with van der Waals surface area (Å²) < 4.78 is 42.6. The maximum atomic E-state index is 8.49. The summed E-state index contributed by atoms with van der Waals surface area (Å²) in [5.41, 5.74) is 7.12. The second kappa shape index (κ2) is 11.3. The van der Waals surface area contributed by atoms with Crippen molar-refractivity contribution in [3.63, 3.8) is 0 Å². The molecule has 3 aromatic rings. The van der Waals surface area contributed by atoms with E-state index in [1.54, 1.807) is 0 Å². The lowest BCUT2D eigenvalue weighted by molar-refractivity contribution is -2.00. The van der Waals surface area contributed by atoms with Gasteiger partial charge in [0.25, 0.3) is 0 Å². The quantitative estimate of drug-likeness (QED) is 0.483. The Hall–Kier alpha value is -3.78. The smallest absolute Gasteiger partial charge is 0.209 e. The molecule has 3 aromatic carbocycles. The van der Waals surface area contributed by atoms with E-state index in [2.05, 4.69) is 104 Å². The van der Waals surface area contributed by atoms with Crippen LogP contribution in [0.2, 0.25) is 0 Å². The van der Waals surface area contributed by atoms with Crippen molar-refractivity contribution < 1.29 is 38.2 Å². The number of rotatable bonds is 4. The molecule has 2 aliphatic heterocycles. The van der Waals surface area contributed by atoms with Crippen LogP contribution in [0.4, 0.5) is 5.69 Å². The summed E-state index contributed by atoms with van der Waals surface area (Å²) >= 11 is 0. The summed E-state index contributed by atoms with van der Waals surface area (Å²) in [6, 6.07) is 29.2. The average molecular weight is 530 g/mol. The van der Waals surface area contributed by atoms with Crippen LogP contribution in [0.15, 0.2) is 121 Å². The molecule has 194 valence electrons. The van der Waals surface area contributed by atoms with Gasteiger partial charge in [-0.25, -0.2) is 18.6 Å². The van der Waals surface area contributed by atoms with E-state index >= 15 is 0 Å². The van der Waals surface area contributed by atoms with Gasteiger partial charge in [0.1, 0.15) is 18.6 Å². The van der Waals surface area contributed by atoms with Gasteiger partial charge in [-0.2, -0.15) is 4.58 Å². The zero-order valence-electron chi connectivity index (χ0n) is 21.3. The molecule has 0 aliphatic carbocycles. The van der Waals surface area contributed by atoms with Crippen molar-refractivity contribution in [2.24, 2.45) is 0 Å². The first-order valence-electron chi connectivity index (χ1n) is 12.0. The topological polar surface area (TPSA) is 104 Å². The van der Waals surface area contributed by atoms with Gasteiger partial charge < -0.3 is 4.74 Å². The van der Waals surface area contributed by atoms with Crippen molar-refractivity contribution in [1.29, 1.82) is 0 Å². The van der Waals surface area contributed by atoms with E-state index in [4.69, 9.17) is 23.4 Å². The highest BCUT2D eigenvalue weighted by atomic mass is 35.7. The molecule has 6 nitrogen and oxygen atoms in total. The molecule has 0 N–H and O–H groups in total. The van der Waals surface area contributed by atoms with Crippen LogP contribution in [0.3, 0.4) is 0 Å². The fourth-order valence-electron chi connectivity index (χ4n) is 4.66. The number of nitrogens with zero attached hydrogens (tertiary/aromatic N) is 1. The highest BCUT2D eigenvalue weighted by molar-refractivity contribution is 6.03. The largest absolute Gasteiger partial charge is 0.456 e. The van der Waals surface area contributed by atoms with Crippen LogP contribution in [0, 0.1) is 10.2 Å². The monoisotopic (exact) mass is 529 g/mol. The van der Waals surface area contributed by atoms with E-state index in [0.29, 0.717) is 0 Å². The minimum Gasteiger partial charge on any atom is -0.456 e. The van der Waals surface area contributed by atoms with Crippen LogP contribution >= 0.6 is 0 Å². The molecular formula is C31H28ClNO5. The fraction of sp³-hybridized carbons (Fsp3) is 0.129. The Morgan fingerprint density at radius 2 is 1.21 bits per heavy atom. The molecule has 0 saturated carbocycles. The molecule has 7 heteroatoms. The molecule has 0 atom stereocenters. The molecule has 0 spiro atoms. The summed E-state index contributed by atoms with van der Waals surface area (Å²) in [4.78, 5) is 0. The second-order valence-corrected chi connectivity index (χ2v) is 10.1. The predicted molar refractivity (Wildman–Crippen MR) is 137 cm³/mol. The van der Waals surface area contributed by atoms with Crippen molar-refractivity contribution in [2.45, 2.75) is 19.3 Å². The zero-order chi connectivity index (χ0) is 27.3. The van der Waals surface area contributed by atoms with Gasteiger partial charge in [0.15, 0.2) is 5.71 Å². The highest BCUT2D eigenvalue weighted by Gasteiger charge is 2.42. The van der Waals surface area contributed by atoms with Gasteiger partial charge in [-0.05, 0) is 31.6 Å². The van der Waals surface area contributed by atoms with Gasteiger partial charge >= 0.3 is 0 Å². The molecule has 0 fully saturated rings. The first-order chi connectivity index (χ1) is 18.0. The average Bonchev–Trinajstić information content (AvgIpc) is 3.09. The van der Waals surface area contributed by atoms with Crippen molar-refractivity contribution in [3.8, 4) is 0 Å². The Morgan fingerprint density at radius 3 is 1.71 bits per heavy atom. The lowest BCUT2D eigenvalue weighted by Gasteiger charge is -2.19. The lowest BCUT2D eigenvalue weighted by atomic mass is 9.81. The van der Waals surface area contributed by atoms with Gasteiger partial charge in [0.2, 0.25) is 5.69 Å². The van der Waals surface area contributed by atoms with Crippen molar-refractivity contribution in [1.82, 2.24) is 0 Å². The van der Waals surface area contributed by atoms with Gasteiger partial charge in [-0.1, -0.05) is 91.0 Å². The Labute approximate surface area is 224 Å². The number of halogens is 1. The van der Waals surface area contributed by atoms with E-state index < -0.39 is 10.2 Å².